The van der Waals surface area contributed by atoms with Gasteiger partial charge in [0.05, 0.1) is 12.0 Å². The Bertz CT molecular complexity index is 1410. The van der Waals surface area contributed by atoms with E-state index in [1.807, 2.05) is 31.3 Å². The molecule has 1 heterocycles. The molecule has 6 heteroatoms. The first kappa shape index (κ1) is 32.5. The zero-order valence-electron chi connectivity index (χ0n) is 28.3. The van der Waals surface area contributed by atoms with E-state index in [2.05, 4.69) is 38.7 Å². The number of carbonyl (C=O) groups is 3. The molecule has 0 saturated heterocycles. The van der Waals surface area contributed by atoms with Crippen molar-refractivity contribution in [1.82, 2.24) is 4.98 Å². The number of hydrogen-bond donors (Lipinski definition) is 2. The van der Waals surface area contributed by atoms with Crippen molar-refractivity contribution < 1.29 is 19.1 Å². The highest BCUT2D eigenvalue weighted by atomic mass is 16.5. The molecular formula is C39H56N2O4. The first-order valence-electron chi connectivity index (χ1n) is 17.9. The Hall–Kier alpha value is -2.47. The van der Waals surface area contributed by atoms with Gasteiger partial charge in [-0.3, -0.25) is 14.4 Å². The molecule has 4 aliphatic carbocycles. The number of nitrogens with one attached hydrogen (secondary N) is 1. The van der Waals surface area contributed by atoms with E-state index in [-0.39, 0.29) is 41.0 Å². The summed E-state index contributed by atoms with van der Waals surface area (Å²) < 4.78 is 6.35. The van der Waals surface area contributed by atoms with Gasteiger partial charge in [0.15, 0.2) is 0 Å². The lowest BCUT2D eigenvalue weighted by molar-refractivity contribution is -0.167. The number of aromatic nitrogens is 1. The lowest BCUT2D eigenvalue weighted by Crippen LogP contribution is -2.54. The van der Waals surface area contributed by atoms with Crippen LogP contribution in [-0.4, -0.2) is 34.7 Å². The first-order valence-corrected chi connectivity index (χ1v) is 17.9. The van der Waals surface area contributed by atoms with Gasteiger partial charge < -0.3 is 15.5 Å². The predicted molar refractivity (Wildman–Crippen MR) is 178 cm³/mol. The fourth-order valence-corrected chi connectivity index (χ4v) is 11.1. The lowest BCUT2D eigenvalue weighted by atomic mass is 9.44. The molecule has 0 amide bonds. The average Bonchev–Trinajstić information content (AvgIpc) is 3.57. The normalized spacial score (nSPS) is 35.7. The molecule has 0 radical (unpaired) electrons. The molecule has 4 saturated carbocycles. The molecule has 0 bridgehead atoms. The number of ether oxygens (including phenoxy) is 1. The number of para-hydroxylation sites is 1. The third-order valence-electron chi connectivity index (χ3n) is 13.5. The van der Waals surface area contributed by atoms with Crippen LogP contribution in [0, 0.1) is 52.3 Å². The molecule has 4 fully saturated rings. The van der Waals surface area contributed by atoms with Crippen molar-refractivity contribution in [3.05, 3.63) is 36.0 Å². The van der Waals surface area contributed by atoms with Crippen LogP contribution >= 0.6 is 0 Å². The summed E-state index contributed by atoms with van der Waals surface area (Å²) in [5.41, 5.74) is 8.81. The minimum atomic E-state index is -0.559. The smallest absolute Gasteiger partial charge is 0.309 e. The second-order valence-corrected chi connectivity index (χ2v) is 16.4. The van der Waals surface area contributed by atoms with Gasteiger partial charge in [0, 0.05) is 29.4 Å². The first-order chi connectivity index (χ1) is 21.4. The van der Waals surface area contributed by atoms with E-state index in [0.717, 1.165) is 48.1 Å². The lowest BCUT2D eigenvalue weighted by Gasteiger charge is -2.61. The highest BCUT2D eigenvalue weighted by molar-refractivity contribution is 5.89. The second kappa shape index (κ2) is 12.6. The number of benzene rings is 1. The molecule has 6 rings (SSSR count). The third-order valence-corrected chi connectivity index (χ3v) is 13.5. The number of fused-ring (bicyclic) bond motifs is 6. The summed E-state index contributed by atoms with van der Waals surface area (Å²) in [5.74, 6) is 2.74. The van der Waals surface area contributed by atoms with Crippen LogP contribution in [0.3, 0.4) is 0 Å². The van der Waals surface area contributed by atoms with E-state index in [4.69, 9.17) is 10.5 Å². The molecule has 10 atom stereocenters. The number of carbonyl (C=O) groups excluding carboxylic acids is 3. The number of Topliss-reactive ketones (excluding diaryl/α,β-unsaturated/α-hetero) is 2. The summed E-state index contributed by atoms with van der Waals surface area (Å²) in [6.45, 7) is 10.9. The Kier molecular flexibility index (Phi) is 9.10. The fourth-order valence-electron chi connectivity index (χ4n) is 11.1. The Morgan fingerprint density at radius 1 is 0.978 bits per heavy atom. The highest BCUT2D eigenvalue weighted by Crippen LogP contribution is 2.67. The van der Waals surface area contributed by atoms with Gasteiger partial charge in [0.1, 0.15) is 17.7 Å². The number of hydrogen-bond acceptors (Lipinski definition) is 5. The van der Waals surface area contributed by atoms with Gasteiger partial charge in [-0.05, 0) is 130 Å². The predicted octanol–water partition coefficient (Wildman–Crippen LogP) is 7.82. The number of ketones is 2. The van der Waals surface area contributed by atoms with E-state index < -0.39 is 12.0 Å². The van der Waals surface area contributed by atoms with Crippen molar-refractivity contribution >= 4 is 28.4 Å². The summed E-state index contributed by atoms with van der Waals surface area (Å²) in [5, 5.41) is 1.08. The molecule has 0 aliphatic heterocycles. The quantitative estimate of drug-likeness (QED) is 0.265. The largest absolute Gasteiger partial charge is 0.462 e. The Morgan fingerprint density at radius 2 is 1.71 bits per heavy atom. The SMILES string of the molecule is CC(=O)[C@H]1CC[C@H]2[C@@H]3CC[C@H]4C[C@H](OC(=O)[C@@H](CC(=O)[C@@H](N)CC(C)C)Cc5c[nH]c6ccccc56)CC[C@]4(C)[C@H]3CC[C@]12C. The van der Waals surface area contributed by atoms with Crippen LogP contribution in [-0.2, 0) is 25.5 Å². The maximum atomic E-state index is 13.9. The maximum Gasteiger partial charge on any atom is 0.309 e. The van der Waals surface area contributed by atoms with Gasteiger partial charge in [-0.25, -0.2) is 0 Å². The van der Waals surface area contributed by atoms with Crippen molar-refractivity contribution in [3.63, 3.8) is 0 Å². The van der Waals surface area contributed by atoms with Crippen LogP contribution in [0.5, 0.6) is 0 Å². The minimum absolute atomic E-state index is 0.0525. The summed E-state index contributed by atoms with van der Waals surface area (Å²) in [4.78, 5) is 43.0. The van der Waals surface area contributed by atoms with Gasteiger partial charge in [-0.15, -0.1) is 0 Å². The number of aromatic amines is 1. The molecular weight excluding hydrogens is 560 g/mol. The van der Waals surface area contributed by atoms with E-state index >= 15 is 0 Å². The molecule has 4 aliphatic rings. The number of esters is 1. The molecule has 246 valence electrons. The van der Waals surface area contributed by atoms with Crippen molar-refractivity contribution in [2.24, 2.45) is 58.0 Å². The Morgan fingerprint density at radius 3 is 2.47 bits per heavy atom. The summed E-state index contributed by atoms with van der Waals surface area (Å²) in [6, 6.07) is 7.54. The van der Waals surface area contributed by atoms with Gasteiger partial charge in [-0.1, -0.05) is 45.9 Å². The molecule has 2 aromatic rings. The zero-order valence-corrected chi connectivity index (χ0v) is 28.3. The summed E-state index contributed by atoms with van der Waals surface area (Å²) >= 11 is 0. The molecule has 6 nitrogen and oxygen atoms in total. The van der Waals surface area contributed by atoms with Gasteiger partial charge >= 0.3 is 5.97 Å². The van der Waals surface area contributed by atoms with Crippen molar-refractivity contribution in [2.45, 2.75) is 124 Å². The van der Waals surface area contributed by atoms with Crippen LogP contribution in [0.4, 0.5) is 0 Å². The van der Waals surface area contributed by atoms with Gasteiger partial charge in [0.25, 0.3) is 0 Å². The maximum absolute atomic E-state index is 13.9. The van der Waals surface area contributed by atoms with Crippen molar-refractivity contribution in [3.8, 4) is 0 Å². The molecule has 1 aromatic carbocycles. The Labute approximate surface area is 270 Å². The third kappa shape index (κ3) is 6.05. The molecule has 0 spiro atoms. The monoisotopic (exact) mass is 616 g/mol. The number of H-pyrrole nitrogens is 1. The second-order valence-electron chi connectivity index (χ2n) is 16.4. The molecule has 0 unspecified atom stereocenters. The Balaban J connectivity index is 1.14. The van der Waals surface area contributed by atoms with Crippen molar-refractivity contribution in [1.29, 1.82) is 0 Å². The van der Waals surface area contributed by atoms with E-state index in [0.29, 0.717) is 42.3 Å². The fraction of sp³-hybridized carbons (Fsp3) is 0.718. The van der Waals surface area contributed by atoms with Crippen LogP contribution in [0.1, 0.15) is 111 Å². The molecule has 3 N–H and O–H groups in total. The average molecular weight is 617 g/mol. The van der Waals surface area contributed by atoms with E-state index in [1.54, 1.807) is 0 Å². The molecule has 45 heavy (non-hydrogen) atoms. The number of rotatable bonds is 10. The van der Waals surface area contributed by atoms with Gasteiger partial charge in [0.2, 0.25) is 0 Å². The topological polar surface area (TPSA) is 102 Å². The van der Waals surface area contributed by atoms with Crippen molar-refractivity contribution in [2.75, 3.05) is 0 Å². The van der Waals surface area contributed by atoms with Gasteiger partial charge in [-0.2, -0.15) is 0 Å². The summed E-state index contributed by atoms with van der Waals surface area (Å²) in [6.07, 6.45) is 13.1. The highest BCUT2D eigenvalue weighted by Gasteiger charge is 2.61. The van der Waals surface area contributed by atoms with E-state index in [1.165, 1.54) is 32.1 Å². The zero-order chi connectivity index (χ0) is 32.1. The summed E-state index contributed by atoms with van der Waals surface area (Å²) in [7, 11) is 0. The van der Waals surface area contributed by atoms with Crippen LogP contribution in [0.2, 0.25) is 0 Å². The number of nitrogens with two attached hydrogens (primary N) is 1. The van der Waals surface area contributed by atoms with Crippen LogP contribution < -0.4 is 5.73 Å². The van der Waals surface area contributed by atoms with Crippen LogP contribution in [0.15, 0.2) is 30.5 Å². The van der Waals surface area contributed by atoms with Crippen LogP contribution in [0.25, 0.3) is 10.9 Å². The standard InChI is InChI=1S/C39H56N2O4/c1-23(2)18-34(40)36(43)20-25(19-26-22-41-35-9-7-6-8-29(26)35)37(44)45-28-14-16-38(4)27(21-28)10-11-30-32-13-12-31(24(3)42)39(32,5)17-15-33(30)38/h6-9,22-23,25,27-28,30-34,41H,10-21,40H2,1-5H3/t25-,27+,28-,30+,31-,32+,33+,34+,38+,39-/m1/s1. The van der Waals surface area contributed by atoms with E-state index in [9.17, 15) is 14.4 Å². The molecule has 1 aromatic heterocycles. The minimum Gasteiger partial charge on any atom is -0.462 e.